The molecule has 9 atom stereocenters. The lowest BCUT2D eigenvalue weighted by Crippen LogP contribution is -2.53. The van der Waals surface area contributed by atoms with Crippen molar-refractivity contribution in [3.8, 4) is 0 Å². The molecule has 0 amide bonds. The first kappa shape index (κ1) is 19.7. The number of nitrogens with zero attached hydrogens (tertiary/aromatic N) is 1. The van der Waals surface area contributed by atoms with Crippen molar-refractivity contribution in [2.75, 3.05) is 0 Å². The highest BCUT2D eigenvalue weighted by atomic mass is 16.1. The van der Waals surface area contributed by atoms with Gasteiger partial charge in [0.05, 0.1) is 6.04 Å². The summed E-state index contributed by atoms with van der Waals surface area (Å²) in [7, 11) is 0. The van der Waals surface area contributed by atoms with Crippen LogP contribution in [0.4, 0.5) is 0 Å². The molecule has 27 heavy (non-hydrogen) atoms. The molecule has 0 N–H and O–H groups in total. The number of fused-ring (bicyclic) bond motifs is 5. The molecule has 0 aromatic rings. The predicted molar refractivity (Wildman–Crippen MR) is 111 cm³/mol. The minimum Gasteiger partial charge on any atom is -0.211 e. The van der Waals surface area contributed by atoms with Gasteiger partial charge in [0.25, 0.3) is 0 Å². The van der Waals surface area contributed by atoms with Gasteiger partial charge in [0, 0.05) is 0 Å². The first-order chi connectivity index (χ1) is 12.9. The molecule has 152 valence electrons. The fraction of sp³-hybridized carbons (Fsp3) is 0.960. The van der Waals surface area contributed by atoms with Crippen LogP contribution >= 0.6 is 0 Å². The molecule has 4 fully saturated rings. The Bertz CT molecular complexity index is 595. The lowest BCUT2D eigenvalue weighted by Gasteiger charge is -2.61. The molecule has 4 aliphatic carbocycles. The van der Waals surface area contributed by atoms with E-state index in [1.807, 2.05) is 0 Å². The van der Waals surface area contributed by atoms with E-state index in [9.17, 15) is 4.79 Å². The van der Waals surface area contributed by atoms with Gasteiger partial charge in [-0.3, -0.25) is 0 Å². The van der Waals surface area contributed by atoms with E-state index >= 15 is 0 Å². The quantitative estimate of drug-likeness (QED) is 0.395. The second kappa shape index (κ2) is 7.33. The van der Waals surface area contributed by atoms with Crippen molar-refractivity contribution in [3.05, 3.63) is 0 Å². The van der Waals surface area contributed by atoms with Crippen molar-refractivity contribution in [1.29, 1.82) is 0 Å². The van der Waals surface area contributed by atoms with Crippen LogP contribution in [0.25, 0.3) is 0 Å². The molecule has 2 heteroatoms. The maximum atomic E-state index is 10.6. The smallest absolute Gasteiger partial charge is 0.211 e. The molecule has 0 saturated heterocycles. The lowest BCUT2D eigenvalue weighted by molar-refractivity contribution is -0.114. The van der Waals surface area contributed by atoms with Gasteiger partial charge in [-0.15, -0.1) is 0 Å². The maximum absolute atomic E-state index is 10.6. The molecule has 0 bridgehead atoms. The van der Waals surface area contributed by atoms with Crippen LogP contribution in [0.15, 0.2) is 4.99 Å². The molecule has 2 nitrogen and oxygen atoms in total. The average molecular weight is 372 g/mol. The summed E-state index contributed by atoms with van der Waals surface area (Å²) in [5, 5.41) is 0. The van der Waals surface area contributed by atoms with Crippen LogP contribution < -0.4 is 0 Å². The molecule has 0 spiro atoms. The minimum absolute atomic E-state index is 0.132. The first-order valence-electron chi connectivity index (χ1n) is 12.0. The third kappa shape index (κ3) is 3.15. The van der Waals surface area contributed by atoms with Crippen molar-refractivity contribution in [1.82, 2.24) is 0 Å². The summed E-state index contributed by atoms with van der Waals surface area (Å²) in [6.07, 6.45) is 17.6. The minimum atomic E-state index is 0.132. The molecular weight excluding hydrogens is 330 g/mol. The molecule has 0 aromatic heterocycles. The fourth-order valence-corrected chi connectivity index (χ4v) is 9.12. The van der Waals surface area contributed by atoms with Crippen LogP contribution in [0.2, 0.25) is 0 Å². The Morgan fingerprint density at radius 1 is 0.926 bits per heavy atom. The van der Waals surface area contributed by atoms with Crippen LogP contribution in [0.5, 0.6) is 0 Å². The summed E-state index contributed by atoms with van der Waals surface area (Å²) < 4.78 is 0. The average Bonchev–Trinajstić information content (AvgIpc) is 2.98. The Kier molecular flexibility index (Phi) is 5.34. The number of hydrogen-bond acceptors (Lipinski definition) is 2. The van der Waals surface area contributed by atoms with E-state index in [1.54, 1.807) is 6.08 Å². The number of hydrogen-bond donors (Lipinski definition) is 0. The van der Waals surface area contributed by atoms with Crippen LogP contribution in [0.3, 0.4) is 0 Å². The monoisotopic (exact) mass is 371 g/mol. The Hall–Kier alpha value is -0.620. The molecule has 4 aliphatic rings. The van der Waals surface area contributed by atoms with Gasteiger partial charge in [-0.2, -0.15) is 0 Å². The fourth-order valence-electron chi connectivity index (χ4n) is 9.12. The Morgan fingerprint density at radius 3 is 2.48 bits per heavy atom. The lowest BCUT2D eigenvalue weighted by atomic mass is 9.44. The number of rotatable bonds is 4. The van der Waals surface area contributed by atoms with E-state index in [-0.39, 0.29) is 6.04 Å². The van der Waals surface area contributed by atoms with Crippen LogP contribution in [-0.4, -0.2) is 12.1 Å². The van der Waals surface area contributed by atoms with Gasteiger partial charge in [0.2, 0.25) is 6.08 Å². The van der Waals surface area contributed by atoms with Gasteiger partial charge >= 0.3 is 0 Å². The highest BCUT2D eigenvalue weighted by Gasteiger charge is 2.60. The number of aliphatic imine (C=N–C) groups is 1. The van der Waals surface area contributed by atoms with Crippen LogP contribution in [0.1, 0.15) is 98.3 Å². The SMILES string of the molecule is CC(C[C@@H](C)[C@H]1CC[C@H]2[C@@H]3CCC4CCCC[C@]4(C)[C@H]3CC[C@]12C)N=C=O. The molecule has 0 heterocycles. The second-order valence-corrected chi connectivity index (χ2v) is 11.4. The van der Waals surface area contributed by atoms with Crippen LogP contribution in [0, 0.1) is 46.3 Å². The molecule has 0 aliphatic heterocycles. The number of isocyanates is 1. The maximum Gasteiger partial charge on any atom is 0.235 e. The van der Waals surface area contributed by atoms with Crippen molar-refractivity contribution in [3.63, 3.8) is 0 Å². The Labute approximate surface area is 167 Å². The first-order valence-corrected chi connectivity index (χ1v) is 12.0. The van der Waals surface area contributed by atoms with E-state index in [2.05, 4.69) is 32.7 Å². The summed E-state index contributed by atoms with van der Waals surface area (Å²) >= 11 is 0. The molecular formula is C25H41NO. The summed E-state index contributed by atoms with van der Waals surface area (Å²) in [5.41, 5.74) is 1.18. The van der Waals surface area contributed by atoms with Gasteiger partial charge < -0.3 is 0 Å². The standard InChI is InChI=1S/C25H41NO/c1-17(15-18(2)26-16-27)21-10-11-22-20-9-8-19-7-5-6-13-24(19,3)23(20)12-14-25(21,22)4/h17-23H,5-15H2,1-4H3/t17-,18?,19?,20+,21-,22+,23+,24+,25-/m1/s1. The van der Waals surface area contributed by atoms with Crippen molar-refractivity contribution in [2.24, 2.45) is 51.3 Å². The van der Waals surface area contributed by atoms with E-state index in [0.717, 1.165) is 36.0 Å². The zero-order valence-corrected chi connectivity index (χ0v) is 18.2. The van der Waals surface area contributed by atoms with Gasteiger partial charge in [0.15, 0.2) is 0 Å². The van der Waals surface area contributed by atoms with Gasteiger partial charge in [-0.05, 0) is 111 Å². The molecule has 2 unspecified atom stereocenters. The zero-order chi connectivity index (χ0) is 19.2. The summed E-state index contributed by atoms with van der Waals surface area (Å²) in [6.45, 7) is 9.84. The van der Waals surface area contributed by atoms with E-state index in [1.165, 1.54) is 64.2 Å². The largest absolute Gasteiger partial charge is 0.235 e. The van der Waals surface area contributed by atoms with Crippen molar-refractivity contribution < 1.29 is 4.79 Å². The van der Waals surface area contributed by atoms with Crippen LogP contribution in [-0.2, 0) is 4.79 Å². The third-order valence-corrected chi connectivity index (χ3v) is 10.3. The second-order valence-electron chi connectivity index (χ2n) is 11.4. The van der Waals surface area contributed by atoms with Gasteiger partial charge in [0.1, 0.15) is 0 Å². The molecule has 4 saturated carbocycles. The van der Waals surface area contributed by atoms with E-state index in [4.69, 9.17) is 0 Å². The van der Waals surface area contributed by atoms with E-state index in [0.29, 0.717) is 16.7 Å². The third-order valence-electron chi connectivity index (χ3n) is 10.3. The highest BCUT2D eigenvalue weighted by Crippen LogP contribution is 2.68. The summed E-state index contributed by atoms with van der Waals surface area (Å²) in [4.78, 5) is 14.6. The predicted octanol–water partition coefficient (Wildman–Crippen LogP) is 6.79. The Balaban J connectivity index is 1.52. The van der Waals surface area contributed by atoms with Gasteiger partial charge in [-0.25, -0.2) is 9.79 Å². The Morgan fingerprint density at radius 2 is 1.70 bits per heavy atom. The normalized spacial score (nSPS) is 48.5. The molecule has 4 rings (SSSR count). The van der Waals surface area contributed by atoms with Crippen molar-refractivity contribution >= 4 is 6.08 Å². The molecule has 0 aromatic carbocycles. The topological polar surface area (TPSA) is 29.4 Å². The molecule has 0 radical (unpaired) electrons. The van der Waals surface area contributed by atoms with E-state index < -0.39 is 0 Å². The van der Waals surface area contributed by atoms with Gasteiger partial charge in [-0.1, -0.05) is 33.6 Å². The summed E-state index contributed by atoms with van der Waals surface area (Å²) in [5.74, 6) is 5.46. The van der Waals surface area contributed by atoms with Crippen molar-refractivity contribution in [2.45, 2.75) is 104 Å². The highest BCUT2D eigenvalue weighted by molar-refractivity contribution is 5.33. The number of carbonyl (C=O) groups excluding carboxylic acids is 1. The zero-order valence-electron chi connectivity index (χ0n) is 18.2. The summed E-state index contributed by atoms with van der Waals surface area (Å²) in [6, 6.07) is 0.132.